The molecule has 0 atom stereocenters. The first-order valence-corrected chi connectivity index (χ1v) is 9.24. The van der Waals surface area contributed by atoms with E-state index in [4.69, 9.17) is 14.2 Å². The summed E-state index contributed by atoms with van der Waals surface area (Å²) in [5, 5.41) is 13.5. The molecule has 160 valence electrons. The van der Waals surface area contributed by atoms with Crippen molar-refractivity contribution in [2.45, 2.75) is 20.8 Å². The van der Waals surface area contributed by atoms with Gasteiger partial charge in [0.05, 0.1) is 24.2 Å². The normalized spacial score (nSPS) is 10.4. The number of nitrogens with zero attached hydrogens (tertiary/aromatic N) is 1. The summed E-state index contributed by atoms with van der Waals surface area (Å²) in [5.74, 6) is -0.248. The van der Waals surface area contributed by atoms with Crippen molar-refractivity contribution in [1.82, 2.24) is 0 Å². The first-order valence-electron chi connectivity index (χ1n) is 9.24. The van der Waals surface area contributed by atoms with Gasteiger partial charge in [0.2, 0.25) is 0 Å². The van der Waals surface area contributed by atoms with Crippen LogP contribution in [0, 0.1) is 23.0 Å². The molecule has 2 rings (SSSR count). The molecule has 0 aliphatic heterocycles. The molecule has 0 radical (unpaired) electrons. The van der Waals surface area contributed by atoms with E-state index < -0.39 is 23.4 Å². The zero-order valence-electron chi connectivity index (χ0n) is 17.3. The third kappa shape index (κ3) is 5.94. The van der Waals surface area contributed by atoms with Gasteiger partial charge in [-0.3, -0.25) is 14.9 Å². The molecule has 0 unspecified atom stereocenters. The molecule has 0 heterocycles. The second kappa shape index (κ2) is 10.2. The average molecular weight is 416 g/mol. The van der Waals surface area contributed by atoms with E-state index in [9.17, 15) is 19.7 Å². The van der Waals surface area contributed by atoms with E-state index in [1.807, 2.05) is 13.8 Å². The summed E-state index contributed by atoms with van der Waals surface area (Å²) in [6.07, 6.45) is 0. The summed E-state index contributed by atoms with van der Waals surface area (Å²) in [4.78, 5) is 35.0. The Bertz CT molecular complexity index is 941. The number of benzene rings is 2. The predicted octanol–water partition coefficient (Wildman–Crippen LogP) is 3.74. The number of nitro groups is 1. The molecule has 0 bridgehead atoms. The molecule has 0 fully saturated rings. The van der Waals surface area contributed by atoms with E-state index in [1.54, 1.807) is 19.1 Å². The van der Waals surface area contributed by atoms with E-state index in [-0.39, 0.29) is 16.9 Å². The highest BCUT2D eigenvalue weighted by molar-refractivity contribution is 5.97. The molecule has 30 heavy (non-hydrogen) atoms. The van der Waals surface area contributed by atoms with Crippen LogP contribution in [0.3, 0.4) is 0 Å². The van der Waals surface area contributed by atoms with E-state index in [0.29, 0.717) is 29.6 Å². The monoisotopic (exact) mass is 416 g/mol. The summed E-state index contributed by atoms with van der Waals surface area (Å²) in [5.41, 5.74) is 0.525. The van der Waals surface area contributed by atoms with Crippen LogP contribution in [0.2, 0.25) is 0 Å². The number of aryl methyl sites for hydroxylation is 1. The zero-order chi connectivity index (χ0) is 22.3. The lowest BCUT2D eigenvalue weighted by molar-refractivity contribution is -0.384. The van der Waals surface area contributed by atoms with Gasteiger partial charge in [-0.1, -0.05) is 26.0 Å². The molecule has 0 aliphatic carbocycles. The van der Waals surface area contributed by atoms with Crippen molar-refractivity contribution in [2.75, 3.05) is 25.6 Å². The lowest BCUT2D eigenvalue weighted by atomic mass is 10.1. The van der Waals surface area contributed by atoms with E-state index >= 15 is 0 Å². The number of ether oxygens (including phenoxy) is 3. The fraction of sp³-hybridized carbons (Fsp3) is 0.333. The molecule has 9 nitrogen and oxygen atoms in total. The van der Waals surface area contributed by atoms with Crippen molar-refractivity contribution in [3.05, 3.63) is 57.6 Å². The zero-order valence-corrected chi connectivity index (χ0v) is 17.3. The maximum absolute atomic E-state index is 12.3. The van der Waals surface area contributed by atoms with Gasteiger partial charge in [0.25, 0.3) is 11.6 Å². The third-order valence-electron chi connectivity index (χ3n) is 4.02. The highest BCUT2D eigenvalue weighted by Gasteiger charge is 2.19. The third-order valence-corrected chi connectivity index (χ3v) is 4.02. The van der Waals surface area contributed by atoms with Gasteiger partial charge in [0.15, 0.2) is 18.1 Å². The SMILES string of the molecule is COc1cc(C(=O)OCC(=O)Nc2c(C)cccc2[N+](=O)[O-])ccc1OCC(C)C. The van der Waals surface area contributed by atoms with Gasteiger partial charge < -0.3 is 19.5 Å². The number of nitro benzene ring substituents is 1. The molecule has 0 aromatic heterocycles. The second-order valence-corrected chi connectivity index (χ2v) is 6.92. The van der Waals surface area contributed by atoms with Gasteiger partial charge in [0, 0.05) is 6.07 Å². The van der Waals surface area contributed by atoms with Crippen LogP contribution in [0.25, 0.3) is 0 Å². The number of esters is 1. The molecule has 2 aromatic rings. The number of carbonyl (C=O) groups is 2. The fourth-order valence-electron chi connectivity index (χ4n) is 2.53. The number of hydrogen-bond donors (Lipinski definition) is 1. The van der Waals surface area contributed by atoms with Crippen LogP contribution in [0.1, 0.15) is 29.8 Å². The number of hydrogen-bond acceptors (Lipinski definition) is 7. The van der Waals surface area contributed by atoms with Gasteiger partial charge in [-0.05, 0) is 36.6 Å². The van der Waals surface area contributed by atoms with Crippen LogP contribution >= 0.6 is 0 Å². The van der Waals surface area contributed by atoms with Crippen molar-refractivity contribution >= 4 is 23.3 Å². The molecule has 0 aliphatic rings. The summed E-state index contributed by atoms with van der Waals surface area (Å²) in [6.45, 7) is 5.54. The summed E-state index contributed by atoms with van der Waals surface area (Å²) in [6, 6.07) is 8.99. The number of methoxy groups -OCH3 is 1. The first-order chi connectivity index (χ1) is 14.2. The Morgan fingerprint density at radius 2 is 1.90 bits per heavy atom. The molecular weight excluding hydrogens is 392 g/mol. The largest absolute Gasteiger partial charge is 0.493 e. The van der Waals surface area contributed by atoms with Crippen molar-refractivity contribution < 1.29 is 28.7 Å². The number of nitrogens with one attached hydrogen (secondary N) is 1. The van der Waals surface area contributed by atoms with Gasteiger partial charge >= 0.3 is 5.97 Å². The van der Waals surface area contributed by atoms with Crippen LogP contribution in [0.15, 0.2) is 36.4 Å². The second-order valence-electron chi connectivity index (χ2n) is 6.92. The molecule has 1 N–H and O–H groups in total. The minimum absolute atomic E-state index is 0.0665. The lowest BCUT2D eigenvalue weighted by Crippen LogP contribution is -2.22. The Hall–Kier alpha value is -3.62. The highest BCUT2D eigenvalue weighted by atomic mass is 16.6. The molecule has 0 saturated carbocycles. The van der Waals surface area contributed by atoms with E-state index in [1.165, 1.54) is 31.4 Å². The number of rotatable bonds is 9. The highest BCUT2D eigenvalue weighted by Crippen LogP contribution is 2.29. The average Bonchev–Trinajstić information content (AvgIpc) is 2.71. The summed E-state index contributed by atoms with van der Waals surface area (Å²) >= 11 is 0. The van der Waals surface area contributed by atoms with Gasteiger partial charge in [-0.25, -0.2) is 4.79 Å². The molecular formula is C21H24N2O7. The first kappa shape index (κ1) is 22.7. The van der Waals surface area contributed by atoms with Crippen LogP contribution < -0.4 is 14.8 Å². The number of anilines is 1. The minimum Gasteiger partial charge on any atom is -0.493 e. The molecule has 2 aromatic carbocycles. The van der Waals surface area contributed by atoms with Crippen molar-refractivity contribution in [3.8, 4) is 11.5 Å². The smallest absolute Gasteiger partial charge is 0.338 e. The Balaban J connectivity index is 2.02. The van der Waals surface area contributed by atoms with Gasteiger partial charge in [-0.15, -0.1) is 0 Å². The van der Waals surface area contributed by atoms with Crippen LogP contribution in [0.5, 0.6) is 11.5 Å². The van der Waals surface area contributed by atoms with Crippen molar-refractivity contribution in [3.63, 3.8) is 0 Å². The maximum atomic E-state index is 12.3. The van der Waals surface area contributed by atoms with Gasteiger partial charge in [-0.2, -0.15) is 0 Å². The Morgan fingerprint density at radius 1 is 1.17 bits per heavy atom. The quantitative estimate of drug-likeness (QED) is 0.376. The van der Waals surface area contributed by atoms with Gasteiger partial charge in [0.1, 0.15) is 5.69 Å². The standard InChI is InChI=1S/C21H24N2O7/c1-13(2)11-29-17-9-8-15(10-18(17)28-4)21(25)30-12-19(24)22-20-14(3)6-5-7-16(20)23(26)27/h5-10,13H,11-12H2,1-4H3,(H,22,24). The number of carbonyl (C=O) groups excluding carboxylic acids is 2. The number of para-hydroxylation sites is 1. The fourth-order valence-corrected chi connectivity index (χ4v) is 2.53. The topological polar surface area (TPSA) is 117 Å². The predicted molar refractivity (Wildman–Crippen MR) is 110 cm³/mol. The molecule has 9 heteroatoms. The summed E-state index contributed by atoms with van der Waals surface area (Å²) < 4.78 is 15.9. The van der Waals surface area contributed by atoms with Crippen LogP contribution in [-0.2, 0) is 9.53 Å². The van der Waals surface area contributed by atoms with E-state index in [2.05, 4.69) is 5.32 Å². The Kier molecular flexibility index (Phi) is 7.74. The van der Waals surface area contributed by atoms with Crippen LogP contribution in [0.4, 0.5) is 11.4 Å². The minimum atomic E-state index is -0.738. The van der Waals surface area contributed by atoms with Crippen molar-refractivity contribution in [1.29, 1.82) is 0 Å². The molecule has 1 amide bonds. The number of amides is 1. The Morgan fingerprint density at radius 3 is 2.53 bits per heavy atom. The lowest BCUT2D eigenvalue weighted by Gasteiger charge is -2.13. The Labute approximate surface area is 174 Å². The van der Waals surface area contributed by atoms with Crippen molar-refractivity contribution in [2.24, 2.45) is 5.92 Å². The molecule has 0 saturated heterocycles. The van der Waals surface area contributed by atoms with Crippen LogP contribution in [-0.4, -0.2) is 37.1 Å². The maximum Gasteiger partial charge on any atom is 0.338 e. The molecule has 0 spiro atoms. The van der Waals surface area contributed by atoms with E-state index in [0.717, 1.165) is 0 Å². The summed E-state index contributed by atoms with van der Waals surface area (Å²) in [7, 11) is 1.45.